The van der Waals surface area contributed by atoms with E-state index in [-0.39, 0.29) is 6.10 Å². The van der Waals surface area contributed by atoms with E-state index in [2.05, 4.69) is 0 Å². The monoisotopic (exact) mass is 300 g/mol. The Bertz CT molecular complexity index is 499. The van der Waals surface area contributed by atoms with Gasteiger partial charge in [-0.15, -0.1) is 0 Å². The summed E-state index contributed by atoms with van der Waals surface area (Å²) in [5, 5.41) is 8.95. The van der Waals surface area contributed by atoms with Crippen LogP contribution in [0.1, 0.15) is 12.5 Å². The Hall–Kier alpha value is -1.72. The first kappa shape index (κ1) is 16.3. The quantitative estimate of drug-likeness (QED) is 0.784. The van der Waals surface area contributed by atoms with Gasteiger partial charge >= 0.3 is 5.97 Å². The molecule has 1 unspecified atom stereocenters. The number of hydrogen-bond acceptors (Lipinski definition) is 4. The van der Waals surface area contributed by atoms with Crippen molar-refractivity contribution in [2.24, 2.45) is 0 Å². The second-order valence-corrected chi connectivity index (χ2v) is 4.47. The topological polar surface area (TPSA) is 65.0 Å². The summed E-state index contributed by atoms with van der Waals surface area (Å²) >= 11 is 6.13. The van der Waals surface area contributed by atoms with E-state index in [1.54, 1.807) is 19.2 Å². The molecule has 0 heterocycles. The van der Waals surface area contributed by atoms with Gasteiger partial charge in [-0.25, -0.2) is 4.79 Å². The molecule has 0 spiro atoms. The number of rotatable bonds is 7. The standard InChI is InChI=1S/C14H17ClO5/c1-9(18-2)8-20-14-11(15)6-10(4-5-13(16)17)7-12(14)19-3/h4-7,9H,8H2,1-3H3,(H,16,17)/b5-4+. The molecule has 1 aromatic rings. The van der Waals surface area contributed by atoms with Gasteiger partial charge in [-0.2, -0.15) is 0 Å². The van der Waals surface area contributed by atoms with Gasteiger partial charge in [-0.1, -0.05) is 11.6 Å². The fraction of sp³-hybridized carbons (Fsp3) is 0.357. The number of carboxylic acid groups (broad SMARTS) is 1. The Kier molecular flexibility index (Phi) is 6.35. The number of aliphatic carboxylic acids is 1. The summed E-state index contributed by atoms with van der Waals surface area (Å²) in [5.74, 6) is -0.189. The molecule has 0 aromatic heterocycles. The van der Waals surface area contributed by atoms with Crippen molar-refractivity contribution in [3.8, 4) is 11.5 Å². The summed E-state index contributed by atoms with van der Waals surface area (Å²) in [6.07, 6.45) is 2.37. The maximum absolute atomic E-state index is 10.5. The second-order valence-electron chi connectivity index (χ2n) is 4.06. The van der Waals surface area contributed by atoms with Crippen LogP contribution in [0.15, 0.2) is 18.2 Å². The third kappa shape index (κ3) is 4.75. The average molecular weight is 301 g/mol. The fourth-order valence-electron chi connectivity index (χ4n) is 1.41. The number of benzene rings is 1. The van der Waals surface area contributed by atoms with Crippen LogP contribution in [0, 0.1) is 0 Å². The minimum Gasteiger partial charge on any atom is -0.493 e. The molecule has 1 aromatic carbocycles. The minimum absolute atomic E-state index is 0.0812. The predicted octanol–water partition coefficient (Wildman–Crippen LogP) is 2.86. The minimum atomic E-state index is -1.03. The summed E-state index contributed by atoms with van der Waals surface area (Å²) < 4.78 is 15.9. The largest absolute Gasteiger partial charge is 0.493 e. The normalized spacial score (nSPS) is 12.4. The van der Waals surface area contributed by atoms with Crippen LogP contribution in [0.3, 0.4) is 0 Å². The average Bonchev–Trinajstić information content (AvgIpc) is 2.42. The number of hydrogen-bond donors (Lipinski definition) is 1. The summed E-state index contributed by atoms with van der Waals surface area (Å²) in [6, 6.07) is 3.26. The zero-order valence-corrected chi connectivity index (χ0v) is 12.3. The number of halogens is 1. The lowest BCUT2D eigenvalue weighted by atomic mass is 10.2. The van der Waals surface area contributed by atoms with Crippen LogP contribution in [0.4, 0.5) is 0 Å². The van der Waals surface area contributed by atoms with Crippen molar-refractivity contribution < 1.29 is 24.1 Å². The Balaban J connectivity index is 2.98. The van der Waals surface area contributed by atoms with Gasteiger partial charge < -0.3 is 19.3 Å². The van der Waals surface area contributed by atoms with E-state index in [9.17, 15) is 4.79 Å². The Labute approximate surface area is 122 Å². The van der Waals surface area contributed by atoms with Gasteiger partial charge in [-0.3, -0.25) is 0 Å². The molecule has 0 amide bonds. The lowest BCUT2D eigenvalue weighted by Gasteiger charge is -2.15. The van der Waals surface area contributed by atoms with Gasteiger partial charge in [0.25, 0.3) is 0 Å². The summed E-state index contributed by atoms with van der Waals surface area (Å²) in [4.78, 5) is 10.5. The van der Waals surface area contributed by atoms with E-state index in [1.165, 1.54) is 13.2 Å². The number of carbonyl (C=O) groups is 1. The van der Waals surface area contributed by atoms with Crippen LogP contribution in [-0.4, -0.2) is 38.0 Å². The first-order valence-corrected chi connectivity index (χ1v) is 6.29. The zero-order chi connectivity index (χ0) is 15.1. The van der Waals surface area contributed by atoms with Crippen molar-refractivity contribution >= 4 is 23.6 Å². The fourth-order valence-corrected chi connectivity index (χ4v) is 1.69. The molecule has 0 fully saturated rings. The third-order valence-electron chi connectivity index (χ3n) is 2.53. The van der Waals surface area contributed by atoms with Crippen molar-refractivity contribution in [3.05, 3.63) is 28.8 Å². The molecule has 20 heavy (non-hydrogen) atoms. The molecular formula is C14H17ClO5. The highest BCUT2D eigenvalue weighted by Crippen LogP contribution is 2.36. The van der Waals surface area contributed by atoms with E-state index >= 15 is 0 Å². The summed E-state index contributed by atoms with van der Waals surface area (Å²) in [6.45, 7) is 2.20. The highest BCUT2D eigenvalue weighted by molar-refractivity contribution is 6.32. The van der Waals surface area contributed by atoms with Crippen molar-refractivity contribution in [1.29, 1.82) is 0 Å². The molecule has 0 aliphatic rings. The molecule has 6 heteroatoms. The molecule has 1 atom stereocenters. The molecule has 1 N–H and O–H groups in total. The number of carboxylic acids is 1. The number of ether oxygens (including phenoxy) is 3. The summed E-state index contributed by atoms with van der Waals surface area (Å²) in [5.41, 5.74) is 0.612. The first-order chi connectivity index (χ1) is 9.47. The molecule has 0 radical (unpaired) electrons. The van der Waals surface area contributed by atoms with Crippen molar-refractivity contribution in [2.75, 3.05) is 20.8 Å². The zero-order valence-electron chi connectivity index (χ0n) is 11.6. The van der Waals surface area contributed by atoms with Crippen LogP contribution in [0.25, 0.3) is 6.08 Å². The van der Waals surface area contributed by atoms with Crippen LogP contribution >= 0.6 is 11.6 Å². The smallest absolute Gasteiger partial charge is 0.328 e. The van der Waals surface area contributed by atoms with Gasteiger partial charge in [0.15, 0.2) is 11.5 Å². The molecule has 0 aliphatic heterocycles. The molecule has 0 bridgehead atoms. The molecule has 0 aliphatic carbocycles. The van der Waals surface area contributed by atoms with Crippen molar-refractivity contribution in [2.45, 2.75) is 13.0 Å². The lowest BCUT2D eigenvalue weighted by Crippen LogP contribution is -2.16. The lowest BCUT2D eigenvalue weighted by molar-refractivity contribution is -0.131. The van der Waals surface area contributed by atoms with E-state index in [4.69, 9.17) is 30.9 Å². The second kappa shape index (κ2) is 7.77. The Morgan fingerprint density at radius 1 is 1.45 bits per heavy atom. The number of methoxy groups -OCH3 is 2. The van der Waals surface area contributed by atoms with Crippen molar-refractivity contribution in [1.82, 2.24) is 0 Å². The highest BCUT2D eigenvalue weighted by Gasteiger charge is 2.12. The maximum atomic E-state index is 10.5. The predicted molar refractivity (Wildman–Crippen MR) is 76.6 cm³/mol. The van der Waals surface area contributed by atoms with Gasteiger partial charge in [0, 0.05) is 13.2 Å². The Morgan fingerprint density at radius 2 is 2.15 bits per heavy atom. The van der Waals surface area contributed by atoms with Crippen LogP contribution in [0.2, 0.25) is 5.02 Å². The molecule has 0 saturated carbocycles. The maximum Gasteiger partial charge on any atom is 0.328 e. The molecule has 0 saturated heterocycles. The van der Waals surface area contributed by atoms with Gasteiger partial charge in [-0.05, 0) is 30.7 Å². The van der Waals surface area contributed by atoms with Crippen LogP contribution in [-0.2, 0) is 9.53 Å². The van der Waals surface area contributed by atoms with Gasteiger partial charge in [0.2, 0.25) is 0 Å². The molecule has 110 valence electrons. The Morgan fingerprint density at radius 3 is 2.70 bits per heavy atom. The molecule has 1 rings (SSSR count). The van der Waals surface area contributed by atoms with Crippen LogP contribution in [0.5, 0.6) is 11.5 Å². The summed E-state index contributed by atoms with van der Waals surface area (Å²) in [7, 11) is 3.08. The molecular weight excluding hydrogens is 284 g/mol. The van der Waals surface area contributed by atoms with E-state index in [1.807, 2.05) is 6.92 Å². The van der Waals surface area contributed by atoms with E-state index in [0.717, 1.165) is 6.08 Å². The van der Waals surface area contributed by atoms with Crippen LogP contribution < -0.4 is 9.47 Å². The SMILES string of the molecule is COc1cc(/C=C/C(=O)O)cc(Cl)c1OCC(C)OC. The highest BCUT2D eigenvalue weighted by atomic mass is 35.5. The third-order valence-corrected chi connectivity index (χ3v) is 2.82. The van der Waals surface area contributed by atoms with Crippen molar-refractivity contribution in [3.63, 3.8) is 0 Å². The van der Waals surface area contributed by atoms with E-state index in [0.29, 0.717) is 28.7 Å². The molecule has 5 nitrogen and oxygen atoms in total. The van der Waals surface area contributed by atoms with Gasteiger partial charge in [0.1, 0.15) is 6.61 Å². The van der Waals surface area contributed by atoms with Gasteiger partial charge in [0.05, 0.1) is 18.2 Å². The first-order valence-electron chi connectivity index (χ1n) is 5.92. The van der Waals surface area contributed by atoms with E-state index < -0.39 is 5.97 Å².